The second-order valence-corrected chi connectivity index (χ2v) is 4.01. The third kappa shape index (κ3) is 5.14. The van der Waals surface area contributed by atoms with E-state index >= 15 is 0 Å². The lowest BCUT2D eigenvalue weighted by Crippen LogP contribution is -2.22. The quantitative estimate of drug-likeness (QED) is 0.606. The Hall–Kier alpha value is -1.07. The van der Waals surface area contributed by atoms with Crippen LogP contribution in [0.4, 0.5) is 5.82 Å². The van der Waals surface area contributed by atoms with E-state index < -0.39 is 0 Å². The van der Waals surface area contributed by atoms with E-state index in [2.05, 4.69) is 15.1 Å². The summed E-state index contributed by atoms with van der Waals surface area (Å²) in [4.78, 5) is 16.8. The molecule has 16 heavy (non-hydrogen) atoms. The SMILES string of the molecule is NC1CCCCC1.O=Nc1ccnc(Cl)n1. The highest BCUT2D eigenvalue weighted by molar-refractivity contribution is 6.28. The molecule has 2 N–H and O–H groups in total. The van der Waals surface area contributed by atoms with Crippen LogP contribution in [0.2, 0.25) is 5.28 Å². The maximum absolute atomic E-state index is 9.76. The molecule has 0 atom stereocenters. The Labute approximate surface area is 99.4 Å². The van der Waals surface area contributed by atoms with Crippen molar-refractivity contribution < 1.29 is 0 Å². The number of nitrogens with two attached hydrogens (primary N) is 1. The number of aromatic nitrogens is 2. The van der Waals surface area contributed by atoms with Crippen LogP contribution in [0.3, 0.4) is 0 Å². The summed E-state index contributed by atoms with van der Waals surface area (Å²) in [6, 6.07) is 1.91. The van der Waals surface area contributed by atoms with Gasteiger partial charge in [-0.1, -0.05) is 19.3 Å². The third-order valence-corrected chi connectivity index (χ3v) is 2.54. The molecule has 2 rings (SSSR count). The van der Waals surface area contributed by atoms with Crippen molar-refractivity contribution in [2.75, 3.05) is 0 Å². The first-order valence-corrected chi connectivity index (χ1v) is 5.67. The molecule has 0 saturated heterocycles. The van der Waals surface area contributed by atoms with Crippen LogP contribution in [0.15, 0.2) is 17.4 Å². The average molecular weight is 243 g/mol. The summed E-state index contributed by atoms with van der Waals surface area (Å²) >= 11 is 5.30. The minimum atomic E-state index is 0.0344. The van der Waals surface area contributed by atoms with Crippen LogP contribution >= 0.6 is 11.6 Å². The molecule has 1 heterocycles. The van der Waals surface area contributed by atoms with Gasteiger partial charge in [0.05, 0.1) is 0 Å². The van der Waals surface area contributed by atoms with Crippen LogP contribution in [0, 0.1) is 4.91 Å². The van der Waals surface area contributed by atoms with Gasteiger partial charge in [0.25, 0.3) is 0 Å². The lowest BCUT2D eigenvalue weighted by Gasteiger charge is -2.15. The summed E-state index contributed by atoms with van der Waals surface area (Å²) in [6.45, 7) is 0. The van der Waals surface area contributed by atoms with Gasteiger partial charge in [0.15, 0.2) is 0 Å². The van der Waals surface area contributed by atoms with Crippen molar-refractivity contribution in [3.8, 4) is 0 Å². The first kappa shape index (κ1) is 13.0. The van der Waals surface area contributed by atoms with Gasteiger partial charge in [-0.3, -0.25) is 0 Å². The number of rotatable bonds is 1. The smallest absolute Gasteiger partial charge is 0.224 e. The van der Waals surface area contributed by atoms with Gasteiger partial charge in [-0.05, 0) is 29.6 Å². The Morgan fingerprint density at radius 3 is 2.44 bits per heavy atom. The molecule has 1 aromatic heterocycles. The van der Waals surface area contributed by atoms with Gasteiger partial charge >= 0.3 is 0 Å². The van der Waals surface area contributed by atoms with Crippen LogP contribution in [0.5, 0.6) is 0 Å². The minimum absolute atomic E-state index is 0.0344. The van der Waals surface area contributed by atoms with Gasteiger partial charge in [0.1, 0.15) is 0 Å². The standard InChI is InChI=1S/C6H13N.C4H2ClN3O/c7-6-4-2-1-3-5-6;5-4-6-2-1-3(7-4)8-9/h6H,1-5,7H2;1-2H. The predicted molar refractivity (Wildman–Crippen MR) is 63.6 cm³/mol. The molecule has 0 bridgehead atoms. The number of halogens is 1. The maximum Gasteiger partial charge on any atom is 0.224 e. The number of nitrogens with zero attached hydrogens (tertiary/aromatic N) is 3. The van der Waals surface area contributed by atoms with Crippen LogP contribution in [-0.4, -0.2) is 16.0 Å². The van der Waals surface area contributed by atoms with Gasteiger partial charge in [-0.15, -0.1) is 4.91 Å². The van der Waals surface area contributed by atoms with Crippen LogP contribution in [0.25, 0.3) is 0 Å². The Morgan fingerprint density at radius 1 is 1.38 bits per heavy atom. The second-order valence-electron chi connectivity index (χ2n) is 3.67. The largest absolute Gasteiger partial charge is 0.328 e. The van der Waals surface area contributed by atoms with E-state index in [1.165, 1.54) is 44.4 Å². The highest BCUT2D eigenvalue weighted by Gasteiger charge is 2.06. The number of hydrogen-bond donors (Lipinski definition) is 1. The Bertz CT molecular complexity index is 328. The van der Waals surface area contributed by atoms with E-state index in [-0.39, 0.29) is 11.1 Å². The van der Waals surface area contributed by atoms with Crippen molar-refractivity contribution in [3.63, 3.8) is 0 Å². The van der Waals surface area contributed by atoms with Gasteiger partial charge in [-0.2, -0.15) is 4.98 Å². The van der Waals surface area contributed by atoms with Crippen molar-refractivity contribution in [1.29, 1.82) is 0 Å². The summed E-state index contributed by atoms with van der Waals surface area (Å²) in [6.07, 6.45) is 8.03. The minimum Gasteiger partial charge on any atom is -0.328 e. The topological polar surface area (TPSA) is 81.2 Å². The highest BCUT2D eigenvalue weighted by atomic mass is 35.5. The molecule has 0 spiro atoms. The summed E-state index contributed by atoms with van der Waals surface area (Å²) in [7, 11) is 0. The molecular weight excluding hydrogens is 228 g/mol. The molecule has 0 unspecified atom stereocenters. The fourth-order valence-electron chi connectivity index (χ4n) is 1.51. The number of hydrogen-bond acceptors (Lipinski definition) is 5. The lowest BCUT2D eigenvalue weighted by molar-refractivity contribution is 0.441. The van der Waals surface area contributed by atoms with Gasteiger partial charge in [0.2, 0.25) is 11.1 Å². The fourth-order valence-corrected chi connectivity index (χ4v) is 1.65. The molecule has 0 aliphatic heterocycles. The van der Waals surface area contributed by atoms with Gasteiger partial charge in [0, 0.05) is 18.3 Å². The molecule has 88 valence electrons. The Morgan fingerprint density at radius 2 is 2.06 bits per heavy atom. The van der Waals surface area contributed by atoms with Crippen molar-refractivity contribution in [2.45, 2.75) is 38.1 Å². The van der Waals surface area contributed by atoms with Crippen LogP contribution in [-0.2, 0) is 0 Å². The highest BCUT2D eigenvalue weighted by Crippen LogP contribution is 2.14. The summed E-state index contributed by atoms with van der Waals surface area (Å²) in [5, 5.41) is 2.58. The zero-order valence-electron chi connectivity index (χ0n) is 8.97. The molecule has 1 aliphatic rings. The van der Waals surface area contributed by atoms with E-state index in [9.17, 15) is 4.91 Å². The Balaban J connectivity index is 0.000000165. The van der Waals surface area contributed by atoms with Crippen molar-refractivity contribution in [2.24, 2.45) is 10.9 Å². The lowest BCUT2D eigenvalue weighted by atomic mass is 9.97. The van der Waals surface area contributed by atoms with E-state index in [1.807, 2.05) is 0 Å². The normalized spacial score (nSPS) is 16.1. The van der Waals surface area contributed by atoms with Crippen molar-refractivity contribution in [3.05, 3.63) is 22.5 Å². The van der Waals surface area contributed by atoms with E-state index in [4.69, 9.17) is 17.3 Å². The van der Waals surface area contributed by atoms with Gasteiger partial charge < -0.3 is 5.73 Å². The molecule has 1 aromatic rings. The zero-order valence-corrected chi connectivity index (χ0v) is 9.73. The van der Waals surface area contributed by atoms with E-state index in [1.54, 1.807) is 0 Å². The monoisotopic (exact) mass is 242 g/mol. The second kappa shape index (κ2) is 7.24. The summed E-state index contributed by atoms with van der Waals surface area (Å²) in [5.74, 6) is 0.0509. The third-order valence-electron chi connectivity index (χ3n) is 2.35. The zero-order chi connectivity index (χ0) is 11.8. The maximum atomic E-state index is 9.76. The molecule has 6 heteroatoms. The molecule has 0 aromatic carbocycles. The molecule has 5 nitrogen and oxygen atoms in total. The fraction of sp³-hybridized carbons (Fsp3) is 0.600. The number of nitroso groups, excluding NO2 is 1. The molecule has 0 amide bonds. The summed E-state index contributed by atoms with van der Waals surface area (Å²) < 4.78 is 0. The average Bonchev–Trinajstić information content (AvgIpc) is 2.31. The first-order chi connectivity index (χ1) is 7.72. The molecule has 0 radical (unpaired) electrons. The van der Waals surface area contributed by atoms with Crippen LogP contribution < -0.4 is 5.73 Å². The van der Waals surface area contributed by atoms with Gasteiger partial charge in [-0.25, -0.2) is 4.98 Å². The van der Waals surface area contributed by atoms with Crippen LogP contribution in [0.1, 0.15) is 32.1 Å². The van der Waals surface area contributed by atoms with Crippen molar-refractivity contribution >= 4 is 17.4 Å². The van der Waals surface area contributed by atoms with E-state index in [0.717, 1.165) is 0 Å². The molecule has 1 aliphatic carbocycles. The molecular formula is C10H15ClN4O. The molecule has 1 saturated carbocycles. The molecule has 1 fully saturated rings. The first-order valence-electron chi connectivity index (χ1n) is 5.30. The Kier molecular flexibility index (Phi) is 5.88. The summed E-state index contributed by atoms with van der Waals surface area (Å²) in [5.41, 5.74) is 5.63. The van der Waals surface area contributed by atoms with Crippen molar-refractivity contribution in [1.82, 2.24) is 9.97 Å². The van der Waals surface area contributed by atoms with E-state index in [0.29, 0.717) is 6.04 Å². The predicted octanol–water partition coefficient (Wildman–Crippen LogP) is 2.81.